The average molecular weight is 294 g/mol. The fourth-order valence-corrected chi connectivity index (χ4v) is 2.67. The lowest BCUT2D eigenvalue weighted by Crippen LogP contribution is -2.02. The zero-order valence-corrected chi connectivity index (χ0v) is 11.7. The Morgan fingerprint density at radius 2 is 1.73 bits per heavy atom. The SMILES string of the molecule is COc1ccc2c(=O)c3cc4cc(F)ccc4cc3oc2c1. The molecule has 0 aliphatic carbocycles. The second-order valence-electron chi connectivity index (χ2n) is 5.13. The van der Waals surface area contributed by atoms with Gasteiger partial charge in [0.25, 0.3) is 0 Å². The molecule has 4 rings (SSSR count). The molecule has 0 radical (unpaired) electrons. The summed E-state index contributed by atoms with van der Waals surface area (Å²) in [5.41, 5.74) is 0.813. The maximum absolute atomic E-state index is 13.4. The van der Waals surface area contributed by atoms with Crippen LogP contribution < -0.4 is 10.2 Å². The lowest BCUT2D eigenvalue weighted by atomic mass is 10.1. The van der Waals surface area contributed by atoms with Gasteiger partial charge in [0.15, 0.2) is 0 Å². The number of benzene rings is 3. The summed E-state index contributed by atoms with van der Waals surface area (Å²) < 4.78 is 24.3. The molecule has 1 aromatic heterocycles. The number of fused-ring (bicyclic) bond motifs is 3. The van der Waals surface area contributed by atoms with Crippen LogP contribution in [0.3, 0.4) is 0 Å². The average Bonchev–Trinajstić information content (AvgIpc) is 2.53. The first-order chi connectivity index (χ1) is 10.7. The van der Waals surface area contributed by atoms with Crippen molar-refractivity contribution in [3.05, 3.63) is 64.6 Å². The second kappa shape index (κ2) is 4.56. The first kappa shape index (κ1) is 12.8. The van der Waals surface area contributed by atoms with E-state index in [1.165, 1.54) is 12.1 Å². The summed E-state index contributed by atoms with van der Waals surface area (Å²) in [5, 5.41) is 2.41. The van der Waals surface area contributed by atoms with Crippen molar-refractivity contribution in [2.75, 3.05) is 7.11 Å². The van der Waals surface area contributed by atoms with Gasteiger partial charge in [-0.25, -0.2) is 4.39 Å². The van der Waals surface area contributed by atoms with E-state index in [1.54, 1.807) is 43.5 Å². The molecule has 0 N–H and O–H groups in total. The Morgan fingerprint density at radius 3 is 2.55 bits per heavy atom. The number of hydrogen-bond donors (Lipinski definition) is 0. The molecule has 1 heterocycles. The van der Waals surface area contributed by atoms with Gasteiger partial charge in [0, 0.05) is 6.07 Å². The van der Waals surface area contributed by atoms with Crippen molar-refractivity contribution >= 4 is 32.7 Å². The zero-order chi connectivity index (χ0) is 15.3. The van der Waals surface area contributed by atoms with Gasteiger partial charge in [-0.05, 0) is 47.2 Å². The smallest absolute Gasteiger partial charge is 0.200 e. The summed E-state index contributed by atoms with van der Waals surface area (Å²) in [7, 11) is 1.56. The summed E-state index contributed by atoms with van der Waals surface area (Å²) in [6, 6.07) is 13.0. The Bertz CT molecular complexity index is 1100. The van der Waals surface area contributed by atoms with Gasteiger partial charge >= 0.3 is 0 Å². The Kier molecular flexibility index (Phi) is 2.66. The molecule has 4 heteroatoms. The number of ether oxygens (including phenoxy) is 1. The van der Waals surface area contributed by atoms with Crippen molar-refractivity contribution in [3.8, 4) is 5.75 Å². The number of halogens is 1. The van der Waals surface area contributed by atoms with Crippen molar-refractivity contribution in [3.63, 3.8) is 0 Å². The predicted octanol–water partition coefficient (Wildman–Crippen LogP) is 4.25. The molecule has 4 aromatic rings. The normalized spacial score (nSPS) is 11.4. The summed E-state index contributed by atoms with van der Waals surface area (Å²) >= 11 is 0. The lowest BCUT2D eigenvalue weighted by molar-refractivity contribution is 0.414. The van der Waals surface area contributed by atoms with E-state index in [4.69, 9.17) is 9.15 Å². The van der Waals surface area contributed by atoms with Crippen molar-refractivity contribution in [1.82, 2.24) is 0 Å². The molecule has 0 unspecified atom stereocenters. The van der Waals surface area contributed by atoms with Crippen LogP contribution in [-0.4, -0.2) is 7.11 Å². The quantitative estimate of drug-likeness (QED) is 0.493. The van der Waals surface area contributed by atoms with Crippen LogP contribution >= 0.6 is 0 Å². The van der Waals surface area contributed by atoms with Crippen LogP contribution in [-0.2, 0) is 0 Å². The highest BCUT2D eigenvalue weighted by molar-refractivity contribution is 5.99. The lowest BCUT2D eigenvalue weighted by Gasteiger charge is -2.05. The number of methoxy groups -OCH3 is 1. The maximum atomic E-state index is 13.4. The van der Waals surface area contributed by atoms with Gasteiger partial charge in [-0.3, -0.25) is 4.79 Å². The minimum absolute atomic E-state index is 0.134. The summed E-state index contributed by atoms with van der Waals surface area (Å²) in [6.07, 6.45) is 0. The summed E-state index contributed by atoms with van der Waals surface area (Å²) in [5.74, 6) is 0.291. The fraction of sp³-hybridized carbons (Fsp3) is 0.0556. The molecule has 3 nitrogen and oxygen atoms in total. The van der Waals surface area contributed by atoms with E-state index in [-0.39, 0.29) is 11.2 Å². The van der Waals surface area contributed by atoms with Crippen molar-refractivity contribution < 1.29 is 13.5 Å². The van der Waals surface area contributed by atoms with Crippen LogP contribution in [0.15, 0.2) is 57.7 Å². The highest BCUT2D eigenvalue weighted by Crippen LogP contribution is 2.26. The van der Waals surface area contributed by atoms with Crippen LogP contribution in [0.2, 0.25) is 0 Å². The van der Waals surface area contributed by atoms with Crippen LogP contribution in [0.1, 0.15) is 0 Å². The number of hydrogen-bond acceptors (Lipinski definition) is 3. The van der Waals surface area contributed by atoms with Gasteiger partial charge in [-0.2, -0.15) is 0 Å². The monoisotopic (exact) mass is 294 g/mol. The molecule has 0 aliphatic heterocycles. The van der Waals surface area contributed by atoms with Crippen molar-refractivity contribution in [2.45, 2.75) is 0 Å². The molecular weight excluding hydrogens is 283 g/mol. The second-order valence-corrected chi connectivity index (χ2v) is 5.13. The molecule has 0 saturated carbocycles. The maximum Gasteiger partial charge on any atom is 0.200 e. The first-order valence-electron chi connectivity index (χ1n) is 6.79. The molecule has 0 bridgehead atoms. The molecule has 3 aromatic carbocycles. The van der Waals surface area contributed by atoms with E-state index >= 15 is 0 Å². The van der Waals surface area contributed by atoms with E-state index in [9.17, 15) is 9.18 Å². The van der Waals surface area contributed by atoms with Gasteiger partial charge in [0.05, 0.1) is 17.9 Å². The zero-order valence-electron chi connectivity index (χ0n) is 11.7. The predicted molar refractivity (Wildman–Crippen MR) is 84.0 cm³/mol. The van der Waals surface area contributed by atoms with Gasteiger partial charge in [0.2, 0.25) is 5.43 Å². The standard InChI is InChI=1S/C18H11FO3/c1-21-13-4-5-14-17(9-13)22-16-8-10-2-3-12(19)6-11(10)7-15(16)18(14)20/h2-9H,1H3. The Hall–Kier alpha value is -2.88. The van der Waals surface area contributed by atoms with Gasteiger partial charge in [-0.1, -0.05) is 6.07 Å². The Balaban J connectivity index is 2.16. The van der Waals surface area contributed by atoms with Gasteiger partial charge in [-0.15, -0.1) is 0 Å². The van der Waals surface area contributed by atoms with E-state index < -0.39 is 0 Å². The third-order valence-corrected chi connectivity index (χ3v) is 3.80. The molecule has 0 amide bonds. The van der Waals surface area contributed by atoms with Crippen LogP contribution in [0.5, 0.6) is 5.75 Å². The molecule has 0 spiro atoms. The van der Waals surface area contributed by atoms with Crippen molar-refractivity contribution in [2.24, 2.45) is 0 Å². The Morgan fingerprint density at radius 1 is 0.909 bits per heavy atom. The summed E-state index contributed by atoms with van der Waals surface area (Å²) in [6.45, 7) is 0. The molecule has 0 atom stereocenters. The minimum atomic E-state index is -0.332. The van der Waals surface area contributed by atoms with Gasteiger partial charge < -0.3 is 9.15 Å². The van der Waals surface area contributed by atoms with E-state index in [1.807, 2.05) is 0 Å². The largest absolute Gasteiger partial charge is 0.497 e. The minimum Gasteiger partial charge on any atom is -0.497 e. The summed E-state index contributed by atoms with van der Waals surface area (Å²) in [4.78, 5) is 12.6. The van der Waals surface area contributed by atoms with E-state index in [0.29, 0.717) is 33.1 Å². The highest BCUT2D eigenvalue weighted by Gasteiger charge is 2.10. The van der Waals surface area contributed by atoms with E-state index in [2.05, 4.69) is 0 Å². The highest BCUT2D eigenvalue weighted by atomic mass is 19.1. The van der Waals surface area contributed by atoms with Crippen LogP contribution in [0, 0.1) is 5.82 Å². The molecule has 0 fully saturated rings. The Labute approximate surface area is 124 Å². The molecule has 0 aliphatic rings. The fourth-order valence-electron chi connectivity index (χ4n) is 2.67. The first-order valence-corrected chi connectivity index (χ1v) is 6.79. The van der Waals surface area contributed by atoms with Crippen LogP contribution in [0.25, 0.3) is 32.7 Å². The third-order valence-electron chi connectivity index (χ3n) is 3.80. The van der Waals surface area contributed by atoms with Crippen LogP contribution in [0.4, 0.5) is 4.39 Å². The number of rotatable bonds is 1. The van der Waals surface area contributed by atoms with Gasteiger partial charge in [0.1, 0.15) is 22.7 Å². The third kappa shape index (κ3) is 1.84. The molecule has 108 valence electrons. The molecule has 22 heavy (non-hydrogen) atoms. The topological polar surface area (TPSA) is 39.4 Å². The molecule has 0 saturated heterocycles. The van der Waals surface area contributed by atoms with Crippen molar-refractivity contribution in [1.29, 1.82) is 0 Å². The molecular formula is C18H11FO3. The van der Waals surface area contributed by atoms with E-state index in [0.717, 1.165) is 5.39 Å².